The van der Waals surface area contributed by atoms with Gasteiger partial charge >= 0.3 is 0 Å². The lowest BCUT2D eigenvalue weighted by Crippen LogP contribution is -2.50. The fraction of sp³-hybridized carbons (Fsp3) is 0.353. The summed E-state index contributed by atoms with van der Waals surface area (Å²) in [7, 11) is 0. The van der Waals surface area contributed by atoms with Gasteiger partial charge in [-0.3, -0.25) is 4.79 Å². The van der Waals surface area contributed by atoms with Crippen LogP contribution in [0.5, 0.6) is 0 Å². The molecule has 8 nitrogen and oxygen atoms in total. The maximum absolute atomic E-state index is 12.3. The molecule has 0 saturated carbocycles. The van der Waals surface area contributed by atoms with E-state index in [1.54, 1.807) is 6.20 Å². The summed E-state index contributed by atoms with van der Waals surface area (Å²) in [5.41, 5.74) is 0.814. The minimum atomic E-state index is -0.795. The Labute approximate surface area is 148 Å². The van der Waals surface area contributed by atoms with Crippen LogP contribution in [0.2, 0.25) is 0 Å². The van der Waals surface area contributed by atoms with Crippen molar-refractivity contribution in [1.29, 1.82) is 0 Å². The lowest BCUT2D eigenvalue weighted by Gasteiger charge is -2.28. The van der Waals surface area contributed by atoms with Crippen LogP contribution in [0.1, 0.15) is 30.0 Å². The van der Waals surface area contributed by atoms with E-state index < -0.39 is 5.54 Å². The van der Waals surface area contributed by atoms with Crippen molar-refractivity contribution in [2.24, 2.45) is 0 Å². The molecular weight excluding hydrogens is 318 g/mol. The molecule has 0 spiro atoms. The van der Waals surface area contributed by atoms with Crippen LogP contribution in [0.4, 0.5) is 5.95 Å². The molecule has 1 atom stereocenters. The molecule has 0 unspecified atom stereocenters. The first kappa shape index (κ1) is 16.8. The van der Waals surface area contributed by atoms with Crippen LogP contribution < -0.4 is 10.6 Å². The van der Waals surface area contributed by atoms with Crippen molar-refractivity contribution in [3.8, 4) is 11.4 Å². The Balaban J connectivity index is 0.00000182. The van der Waals surface area contributed by atoms with Crippen molar-refractivity contribution < 1.29 is 7.65 Å². The Morgan fingerprint density at radius 1 is 1.32 bits per heavy atom. The van der Waals surface area contributed by atoms with Crippen molar-refractivity contribution in [3.63, 3.8) is 0 Å². The molecule has 3 aromatic rings. The third-order valence-corrected chi connectivity index (χ3v) is 4.20. The number of likely N-dealkylation sites (N-methyl/N-ethyl adjacent to an activating group) is 1. The van der Waals surface area contributed by atoms with Crippen molar-refractivity contribution in [3.05, 3.63) is 30.9 Å². The molecule has 3 N–H and O–H groups in total. The van der Waals surface area contributed by atoms with E-state index in [0.29, 0.717) is 24.7 Å². The third-order valence-electron chi connectivity index (χ3n) is 4.20. The van der Waals surface area contributed by atoms with Gasteiger partial charge in [0.1, 0.15) is 17.5 Å². The van der Waals surface area contributed by atoms with E-state index >= 15 is 0 Å². The number of H-pyrrole nitrogens is 1. The van der Waals surface area contributed by atoms with E-state index in [0.717, 1.165) is 16.6 Å². The van der Waals surface area contributed by atoms with Crippen LogP contribution in [0.3, 0.4) is 0 Å². The Morgan fingerprint density at radius 2 is 2.16 bits per heavy atom. The number of carbonyl (C=O) groups excluding carboxylic acids is 1. The van der Waals surface area contributed by atoms with E-state index in [-0.39, 0.29) is 8.76 Å². The highest BCUT2D eigenvalue weighted by atomic mass is 16.2. The molecule has 0 radical (unpaired) electrons. The predicted molar refractivity (Wildman–Crippen MR) is 100 cm³/mol. The molecule has 0 fully saturated rings. The Bertz CT molecular complexity index is 902. The van der Waals surface area contributed by atoms with E-state index in [4.69, 9.17) is 0 Å². The van der Waals surface area contributed by atoms with Crippen molar-refractivity contribution in [2.75, 3.05) is 11.9 Å². The number of amides is 1. The predicted octanol–water partition coefficient (Wildman–Crippen LogP) is 2.62. The molecule has 134 valence electrons. The number of fused-ring (bicyclic) bond motifs is 1. The number of aromatic amines is 1. The van der Waals surface area contributed by atoms with Gasteiger partial charge in [0, 0.05) is 32.7 Å². The molecule has 0 aliphatic carbocycles. The fourth-order valence-corrected chi connectivity index (χ4v) is 2.54. The first-order chi connectivity index (χ1) is 12.1. The summed E-state index contributed by atoms with van der Waals surface area (Å²) < 4.78 is 0. The zero-order chi connectivity index (χ0) is 17.9. The van der Waals surface area contributed by atoms with Gasteiger partial charge in [0.05, 0.1) is 0 Å². The number of nitrogens with zero attached hydrogens (tertiary/aromatic N) is 4. The summed E-state index contributed by atoms with van der Waals surface area (Å²) in [4.78, 5) is 32.6. The SMILES string of the molecule is CCNC(=O)[C@@](C)(CC)Nc1ncnc(-c2c[nH]c3ncccc23)n1.[HH].[HH]. The van der Waals surface area contributed by atoms with Gasteiger partial charge < -0.3 is 15.6 Å². The smallest absolute Gasteiger partial charge is 0.245 e. The highest BCUT2D eigenvalue weighted by molar-refractivity contribution is 5.91. The van der Waals surface area contributed by atoms with Gasteiger partial charge in [0.2, 0.25) is 11.9 Å². The van der Waals surface area contributed by atoms with Crippen molar-refractivity contribution >= 4 is 22.9 Å². The summed E-state index contributed by atoms with van der Waals surface area (Å²) in [6.45, 7) is 6.23. The molecule has 8 heteroatoms. The topological polar surface area (TPSA) is 108 Å². The Morgan fingerprint density at radius 3 is 2.92 bits per heavy atom. The largest absolute Gasteiger partial charge is 0.354 e. The molecule has 0 bridgehead atoms. The van der Waals surface area contributed by atoms with E-state index in [1.165, 1.54) is 6.33 Å². The molecule has 3 rings (SSSR count). The average Bonchev–Trinajstić information content (AvgIpc) is 3.06. The fourth-order valence-electron chi connectivity index (χ4n) is 2.54. The van der Waals surface area contributed by atoms with Gasteiger partial charge in [-0.1, -0.05) is 6.92 Å². The minimum Gasteiger partial charge on any atom is -0.354 e. The minimum absolute atomic E-state index is 0. The van der Waals surface area contributed by atoms with Gasteiger partial charge in [0.15, 0.2) is 5.82 Å². The quantitative estimate of drug-likeness (QED) is 0.635. The molecule has 25 heavy (non-hydrogen) atoms. The highest BCUT2D eigenvalue weighted by Crippen LogP contribution is 2.25. The van der Waals surface area contributed by atoms with Crippen molar-refractivity contribution in [2.45, 2.75) is 32.7 Å². The lowest BCUT2D eigenvalue weighted by atomic mass is 9.98. The number of hydrogen-bond donors (Lipinski definition) is 3. The van der Waals surface area contributed by atoms with Gasteiger partial charge in [-0.2, -0.15) is 4.98 Å². The molecule has 0 aliphatic heterocycles. The van der Waals surface area contributed by atoms with Gasteiger partial charge in [0.25, 0.3) is 0 Å². The number of carbonyl (C=O) groups is 1. The van der Waals surface area contributed by atoms with Crippen LogP contribution in [0, 0.1) is 0 Å². The zero-order valence-electron chi connectivity index (χ0n) is 14.5. The summed E-state index contributed by atoms with van der Waals surface area (Å²) in [6, 6.07) is 3.82. The van der Waals surface area contributed by atoms with Gasteiger partial charge in [-0.15, -0.1) is 0 Å². The molecule has 1 amide bonds. The highest BCUT2D eigenvalue weighted by Gasteiger charge is 2.31. The standard InChI is InChI=1S/C17H21N7O.2H2/c1-4-17(3,15(25)18-5-2)24-16-22-10-21-14(23-16)12-9-20-13-11(12)7-6-8-19-13;;/h6-10H,4-5H2,1-3H3,(H,18,25)(H,19,20)(H,21,22,23,24);2*1H/t17-;;/m1../s1. The van der Waals surface area contributed by atoms with Gasteiger partial charge in [-0.05, 0) is 32.4 Å². The Kier molecular flexibility index (Phi) is 4.60. The van der Waals surface area contributed by atoms with Crippen molar-refractivity contribution in [1.82, 2.24) is 30.2 Å². The summed E-state index contributed by atoms with van der Waals surface area (Å²) in [5.74, 6) is 0.792. The number of pyridine rings is 1. The normalized spacial score (nSPS) is 13.4. The van der Waals surface area contributed by atoms with Gasteiger partial charge in [-0.25, -0.2) is 15.0 Å². The number of aromatic nitrogens is 5. The molecular formula is C17H25N7O. The van der Waals surface area contributed by atoms with Crippen LogP contribution in [0.15, 0.2) is 30.9 Å². The third kappa shape index (κ3) is 3.28. The second-order valence-electron chi connectivity index (χ2n) is 5.90. The second-order valence-corrected chi connectivity index (χ2v) is 5.90. The lowest BCUT2D eigenvalue weighted by molar-refractivity contribution is -0.125. The van der Waals surface area contributed by atoms with Crippen LogP contribution in [-0.4, -0.2) is 42.9 Å². The Hall–Kier alpha value is -3.03. The number of nitrogens with one attached hydrogen (secondary N) is 3. The number of anilines is 1. The second kappa shape index (κ2) is 6.84. The summed E-state index contributed by atoms with van der Waals surface area (Å²) in [5, 5.41) is 6.91. The molecule has 0 aromatic carbocycles. The maximum Gasteiger partial charge on any atom is 0.245 e. The maximum atomic E-state index is 12.3. The van der Waals surface area contributed by atoms with Crippen LogP contribution in [0.25, 0.3) is 22.4 Å². The summed E-state index contributed by atoms with van der Waals surface area (Å²) in [6.07, 6.45) is 5.58. The molecule has 0 saturated heterocycles. The summed E-state index contributed by atoms with van der Waals surface area (Å²) >= 11 is 0. The zero-order valence-corrected chi connectivity index (χ0v) is 14.5. The first-order valence-corrected chi connectivity index (χ1v) is 8.25. The number of hydrogen-bond acceptors (Lipinski definition) is 6. The van der Waals surface area contributed by atoms with Crippen LogP contribution >= 0.6 is 0 Å². The van der Waals surface area contributed by atoms with Crippen LogP contribution in [-0.2, 0) is 4.79 Å². The monoisotopic (exact) mass is 343 g/mol. The molecule has 0 aliphatic rings. The first-order valence-electron chi connectivity index (χ1n) is 8.25. The van der Waals surface area contributed by atoms with E-state index in [1.807, 2.05) is 39.1 Å². The average molecular weight is 343 g/mol. The van der Waals surface area contributed by atoms with E-state index in [9.17, 15) is 4.79 Å². The van der Waals surface area contributed by atoms with E-state index in [2.05, 4.69) is 35.6 Å². The molecule has 3 heterocycles. The number of rotatable bonds is 6. The molecule has 3 aromatic heterocycles.